The van der Waals surface area contributed by atoms with Crippen LogP contribution >= 0.6 is 0 Å². The number of amides is 1. The maximum atomic E-state index is 12.8. The summed E-state index contributed by atoms with van der Waals surface area (Å²) in [7, 11) is 0. The van der Waals surface area contributed by atoms with Gasteiger partial charge in [0.05, 0.1) is 11.7 Å². The van der Waals surface area contributed by atoms with E-state index < -0.39 is 24.4 Å². The number of alkyl halides is 2. The molecule has 0 spiro atoms. The van der Waals surface area contributed by atoms with E-state index in [0.717, 1.165) is 5.69 Å². The Morgan fingerprint density at radius 2 is 1.89 bits per heavy atom. The number of halogens is 2. The molecule has 1 amide bonds. The third-order valence-electron chi connectivity index (χ3n) is 4.31. The fraction of sp³-hybridized carbons (Fsp3) is 0.412. The number of fused-ring (bicyclic) bond motifs is 1. The first kappa shape index (κ1) is 18.7. The number of nitrogens with one attached hydrogen (secondary N) is 2. The fourth-order valence-corrected chi connectivity index (χ4v) is 2.88. The number of hydrogen-bond acceptors (Lipinski definition) is 4. The fourth-order valence-electron chi connectivity index (χ4n) is 2.88. The normalized spacial score (nSPS) is 13.9. The van der Waals surface area contributed by atoms with Crippen LogP contribution in [0.15, 0.2) is 23.0 Å². The topological polar surface area (TPSA) is 97.1 Å². The van der Waals surface area contributed by atoms with Gasteiger partial charge in [-0.3, -0.25) is 19.4 Å². The minimum Gasteiger partial charge on any atom is -0.346 e. The summed E-state index contributed by atoms with van der Waals surface area (Å²) in [5, 5.41) is 9.42. The first-order chi connectivity index (χ1) is 12.7. The molecule has 2 atom stereocenters. The highest BCUT2D eigenvalue weighted by atomic mass is 19.3. The number of carbonyl (C=O) groups is 1. The first-order valence-corrected chi connectivity index (χ1v) is 8.41. The van der Waals surface area contributed by atoms with Crippen LogP contribution in [0.1, 0.15) is 55.1 Å². The molecule has 10 heteroatoms. The number of rotatable bonds is 5. The zero-order valence-corrected chi connectivity index (χ0v) is 15.3. The standard InChI is InChI=1S/C17H20F2N6O2/c1-8-5-14-21-12(7-15(26)25(14)22-8)10(3)20-17(27)11(4)24-9(2)6-13(23-24)16(18)19/h5-7,10-11,16,22H,1-4H3,(H,20,27)/t10-,11-/m0/s1. The van der Waals surface area contributed by atoms with Crippen molar-refractivity contribution >= 4 is 11.6 Å². The van der Waals surface area contributed by atoms with Crippen molar-refractivity contribution in [3.05, 3.63) is 51.3 Å². The monoisotopic (exact) mass is 378 g/mol. The van der Waals surface area contributed by atoms with Gasteiger partial charge in [-0.15, -0.1) is 0 Å². The lowest BCUT2D eigenvalue weighted by atomic mass is 10.2. The van der Waals surface area contributed by atoms with Crippen molar-refractivity contribution in [3.8, 4) is 0 Å². The van der Waals surface area contributed by atoms with Crippen molar-refractivity contribution in [2.75, 3.05) is 0 Å². The van der Waals surface area contributed by atoms with Crippen LogP contribution in [0, 0.1) is 13.8 Å². The molecule has 3 rings (SSSR count). The summed E-state index contributed by atoms with van der Waals surface area (Å²) in [6.07, 6.45) is -2.70. The van der Waals surface area contributed by atoms with Gasteiger partial charge in [0.2, 0.25) is 5.91 Å². The quantitative estimate of drug-likeness (QED) is 0.711. The molecule has 0 aliphatic heterocycles. The molecule has 3 heterocycles. The minimum absolute atomic E-state index is 0.290. The highest BCUT2D eigenvalue weighted by Crippen LogP contribution is 2.21. The average Bonchev–Trinajstić information content (AvgIpc) is 3.16. The molecule has 0 aromatic carbocycles. The van der Waals surface area contributed by atoms with Crippen LogP contribution in [0.25, 0.3) is 5.65 Å². The molecule has 2 N–H and O–H groups in total. The predicted octanol–water partition coefficient (Wildman–Crippen LogP) is 2.21. The van der Waals surface area contributed by atoms with E-state index >= 15 is 0 Å². The van der Waals surface area contributed by atoms with Crippen LogP contribution in [0.3, 0.4) is 0 Å². The van der Waals surface area contributed by atoms with Crippen molar-refractivity contribution in [3.63, 3.8) is 0 Å². The number of hydrogen-bond donors (Lipinski definition) is 2. The molecule has 27 heavy (non-hydrogen) atoms. The lowest BCUT2D eigenvalue weighted by Gasteiger charge is -2.18. The number of aromatic nitrogens is 5. The molecular weight excluding hydrogens is 358 g/mol. The molecule has 0 bridgehead atoms. The van der Waals surface area contributed by atoms with Gasteiger partial charge in [0.25, 0.3) is 12.0 Å². The maximum absolute atomic E-state index is 12.8. The number of H-pyrrole nitrogens is 1. The number of carbonyl (C=O) groups excluding carboxylic acids is 1. The SMILES string of the molecule is Cc1cc2nc([C@H](C)NC(=O)[C@H](C)n3nc(C(F)F)cc3C)cc(=O)n2[nH]1. The molecule has 8 nitrogen and oxygen atoms in total. The molecule has 3 aromatic rings. The van der Waals surface area contributed by atoms with Crippen molar-refractivity contribution in [2.24, 2.45) is 0 Å². The Bertz CT molecular complexity index is 1050. The van der Waals surface area contributed by atoms with E-state index in [0.29, 0.717) is 17.0 Å². The summed E-state index contributed by atoms with van der Waals surface area (Å²) < 4.78 is 28.2. The Morgan fingerprint density at radius 1 is 1.19 bits per heavy atom. The highest BCUT2D eigenvalue weighted by molar-refractivity contribution is 5.80. The summed E-state index contributed by atoms with van der Waals surface area (Å²) in [5.41, 5.74) is 1.44. The summed E-state index contributed by atoms with van der Waals surface area (Å²) in [4.78, 5) is 29.1. The van der Waals surface area contributed by atoms with Crippen molar-refractivity contribution in [2.45, 2.75) is 46.2 Å². The van der Waals surface area contributed by atoms with Crippen molar-refractivity contribution in [1.29, 1.82) is 0 Å². The summed E-state index contributed by atoms with van der Waals surface area (Å²) in [5.74, 6) is -0.415. The van der Waals surface area contributed by atoms with Crippen LogP contribution in [0.5, 0.6) is 0 Å². The van der Waals surface area contributed by atoms with Gasteiger partial charge in [-0.05, 0) is 33.8 Å². The zero-order valence-electron chi connectivity index (χ0n) is 15.3. The lowest BCUT2D eigenvalue weighted by Crippen LogP contribution is -2.34. The predicted molar refractivity (Wildman–Crippen MR) is 93.7 cm³/mol. The van der Waals surface area contributed by atoms with E-state index in [1.54, 1.807) is 33.8 Å². The van der Waals surface area contributed by atoms with Crippen LogP contribution < -0.4 is 10.9 Å². The van der Waals surface area contributed by atoms with E-state index in [9.17, 15) is 18.4 Å². The second kappa shape index (κ2) is 6.93. The molecule has 3 aromatic heterocycles. The average molecular weight is 378 g/mol. The number of aryl methyl sites for hydroxylation is 2. The van der Waals surface area contributed by atoms with E-state index in [1.807, 2.05) is 0 Å². The summed E-state index contributed by atoms with van der Waals surface area (Å²) >= 11 is 0. The second-order valence-corrected chi connectivity index (χ2v) is 6.51. The molecule has 0 aliphatic carbocycles. The van der Waals surface area contributed by atoms with Crippen LogP contribution in [0.4, 0.5) is 8.78 Å². The molecular formula is C17H20F2N6O2. The van der Waals surface area contributed by atoms with E-state index in [-0.39, 0.29) is 11.3 Å². The third-order valence-corrected chi connectivity index (χ3v) is 4.31. The Balaban J connectivity index is 1.80. The zero-order chi connectivity index (χ0) is 19.9. The highest BCUT2D eigenvalue weighted by Gasteiger charge is 2.23. The summed E-state index contributed by atoms with van der Waals surface area (Å²) in [6.45, 7) is 6.68. The smallest absolute Gasteiger partial charge is 0.282 e. The van der Waals surface area contributed by atoms with Gasteiger partial charge in [-0.1, -0.05) is 0 Å². The summed E-state index contributed by atoms with van der Waals surface area (Å²) in [6, 6.07) is 2.98. The molecule has 144 valence electrons. The van der Waals surface area contributed by atoms with Gasteiger partial charge in [-0.2, -0.15) is 5.10 Å². The van der Waals surface area contributed by atoms with Gasteiger partial charge in [-0.25, -0.2) is 18.3 Å². The third kappa shape index (κ3) is 3.60. The lowest BCUT2D eigenvalue weighted by molar-refractivity contribution is -0.124. The first-order valence-electron chi connectivity index (χ1n) is 8.41. The molecule has 0 saturated heterocycles. The van der Waals surface area contributed by atoms with Gasteiger partial charge in [0.1, 0.15) is 11.7 Å². The van der Waals surface area contributed by atoms with Crippen molar-refractivity contribution < 1.29 is 13.6 Å². The van der Waals surface area contributed by atoms with E-state index in [1.165, 1.54) is 21.3 Å². The van der Waals surface area contributed by atoms with Crippen molar-refractivity contribution in [1.82, 2.24) is 29.7 Å². The largest absolute Gasteiger partial charge is 0.346 e. The number of aromatic amines is 1. The minimum atomic E-state index is -2.70. The van der Waals surface area contributed by atoms with E-state index in [2.05, 4.69) is 20.5 Å². The molecule has 0 radical (unpaired) electrons. The Morgan fingerprint density at radius 3 is 2.52 bits per heavy atom. The Kier molecular flexibility index (Phi) is 4.81. The molecule has 0 fully saturated rings. The Hall–Kier alpha value is -3.04. The second-order valence-electron chi connectivity index (χ2n) is 6.51. The van der Waals surface area contributed by atoms with Gasteiger partial charge < -0.3 is 5.32 Å². The van der Waals surface area contributed by atoms with Crippen LogP contribution in [-0.2, 0) is 4.79 Å². The number of nitrogens with zero attached hydrogens (tertiary/aromatic N) is 4. The molecule has 0 saturated carbocycles. The Labute approximate surface area is 153 Å². The van der Waals surface area contributed by atoms with Crippen LogP contribution in [-0.4, -0.2) is 30.3 Å². The van der Waals surface area contributed by atoms with Crippen LogP contribution in [0.2, 0.25) is 0 Å². The van der Waals surface area contributed by atoms with Gasteiger partial charge >= 0.3 is 0 Å². The maximum Gasteiger partial charge on any atom is 0.282 e. The van der Waals surface area contributed by atoms with Gasteiger partial charge in [0.15, 0.2) is 5.65 Å². The van der Waals surface area contributed by atoms with Gasteiger partial charge in [0, 0.05) is 23.5 Å². The van der Waals surface area contributed by atoms with E-state index in [4.69, 9.17) is 0 Å². The molecule has 0 unspecified atom stereocenters. The molecule has 0 aliphatic rings.